The minimum Gasteiger partial charge on any atom is -0.225 e. The van der Waals surface area contributed by atoms with Gasteiger partial charge in [0.05, 0.1) is 11.9 Å². The van der Waals surface area contributed by atoms with Crippen molar-refractivity contribution in [1.29, 1.82) is 0 Å². The van der Waals surface area contributed by atoms with Crippen LogP contribution in [0.15, 0.2) is 40.2 Å². The Hall–Kier alpha value is -1.81. The van der Waals surface area contributed by atoms with Gasteiger partial charge in [-0.25, -0.2) is 23.1 Å². The number of aromatic nitrogens is 3. The lowest BCUT2D eigenvalue weighted by Crippen LogP contribution is -2.12. The molecular formula is C12H8N4O2S3. The van der Waals surface area contributed by atoms with E-state index in [2.05, 4.69) is 10.1 Å². The summed E-state index contributed by atoms with van der Waals surface area (Å²) < 4.78 is 25.3. The van der Waals surface area contributed by atoms with Crippen LogP contribution in [0.4, 0.5) is 0 Å². The highest BCUT2D eigenvalue weighted by molar-refractivity contribution is 7.91. The van der Waals surface area contributed by atoms with Gasteiger partial charge in [0.25, 0.3) is 10.0 Å². The van der Waals surface area contributed by atoms with E-state index < -0.39 is 10.0 Å². The van der Waals surface area contributed by atoms with Crippen LogP contribution < -0.4 is 5.14 Å². The fraction of sp³-hybridized carbons (Fsp3) is 0. The van der Waals surface area contributed by atoms with Crippen molar-refractivity contribution in [2.75, 3.05) is 0 Å². The number of hydrogen-bond donors (Lipinski definition) is 1. The van der Waals surface area contributed by atoms with E-state index in [9.17, 15) is 8.42 Å². The van der Waals surface area contributed by atoms with Crippen LogP contribution in [0, 0.1) is 0 Å². The highest BCUT2D eigenvalue weighted by atomic mass is 32.2. The summed E-state index contributed by atoms with van der Waals surface area (Å²) in [5, 5.41) is 12.3. The Morgan fingerprint density at radius 1 is 1.24 bits per heavy atom. The minimum absolute atomic E-state index is 0.133. The molecule has 0 unspecified atom stereocenters. The maximum atomic E-state index is 11.4. The van der Waals surface area contributed by atoms with E-state index in [-0.39, 0.29) is 4.34 Å². The third-order valence-electron chi connectivity index (χ3n) is 3.07. The molecule has 0 aliphatic carbocycles. The lowest BCUT2D eigenvalue weighted by Gasteiger charge is -1.96. The van der Waals surface area contributed by atoms with Crippen molar-refractivity contribution < 1.29 is 8.42 Å². The summed E-state index contributed by atoms with van der Waals surface area (Å²) in [6.07, 6.45) is 1.69. The van der Waals surface area contributed by atoms with Crippen LogP contribution in [0.1, 0.15) is 0 Å². The zero-order valence-corrected chi connectivity index (χ0v) is 12.9. The molecule has 0 atom stereocenters. The summed E-state index contributed by atoms with van der Waals surface area (Å²) in [6.45, 7) is 0. The number of hydrogen-bond acceptors (Lipinski definition) is 6. The molecule has 1 aromatic carbocycles. The highest BCUT2D eigenvalue weighted by Crippen LogP contribution is 2.34. The van der Waals surface area contributed by atoms with Gasteiger partial charge < -0.3 is 0 Å². The second-order valence-electron chi connectivity index (χ2n) is 4.40. The van der Waals surface area contributed by atoms with Gasteiger partial charge in [0.1, 0.15) is 0 Å². The molecule has 0 spiro atoms. The summed E-state index contributed by atoms with van der Waals surface area (Å²) in [7, 11) is -3.81. The minimum atomic E-state index is -3.81. The molecular weight excluding hydrogens is 328 g/mol. The monoisotopic (exact) mass is 336 g/mol. The number of nitrogens with two attached hydrogens (primary N) is 1. The number of benzene rings is 1. The summed E-state index contributed by atoms with van der Waals surface area (Å²) in [6, 6.07) is 8.01. The number of rotatable bonds is 2. The van der Waals surface area contributed by atoms with Crippen molar-refractivity contribution in [1.82, 2.24) is 14.6 Å². The van der Waals surface area contributed by atoms with Gasteiger partial charge in [-0.2, -0.15) is 0 Å². The molecule has 3 aromatic heterocycles. The van der Waals surface area contributed by atoms with Crippen LogP contribution in [0.25, 0.3) is 26.3 Å². The fourth-order valence-corrected chi connectivity index (χ4v) is 4.60. The Bertz CT molecular complexity index is 1070. The van der Waals surface area contributed by atoms with E-state index in [1.165, 1.54) is 4.52 Å². The van der Waals surface area contributed by atoms with Gasteiger partial charge in [0.15, 0.2) is 0 Å². The average molecular weight is 336 g/mol. The maximum Gasteiger partial charge on any atom is 0.267 e. The van der Waals surface area contributed by atoms with Gasteiger partial charge in [-0.05, 0) is 6.07 Å². The van der Waals surface area contributed by atoms with Crippen molar-refractivity contribution in [2.24, 2.45) is 5.14 Å². The second-order valence-corrected chi connectivity index (χ2v) is 8.00. The molecule has 0 aliphatic rings. The zero-order chi connectivity index (χ0) is 14.6. The Kier molecular flexibility index (Phi) is 2.67. The van der Waals surface area contributed by atoms with Crippen molar-refractivity contribution in [3.05, 3.63) is 35.8 Å². The van der Waals surface area contributed by atoms with Crippen LogP contribution in [0.5, 0.6) is 0 Å². The number of thiophene rings is 1. The molecule has 0 saturated carbocycles. The third kappa shape index (κ3) is 1.97. The lowest BCUT2D eigenvalue weighted by molar-refractivity contribution is 0.595. The number of fused-ring (bicyclic) bond motifs is 2. The molecule has 0 saturated heterocycles. The average Bonchev–Trinajstić information content (AvgIpc) is 3.10. The number of nitrogens with zero attached hydrogens (tertiary/aromatic N) is 3. The normalized spacial score (nSPS) is 12.4. The Morgan fingerprint density at radius 3 is 2.86 bits per heavy atom. The SMILES string of the molecule is NS(=O)(=O)c1nn2c(-c3csc4ccccc34)cnc2s1. The van der Waals surface area contributed by atoms with Gasteiger partial charge in [-0.15, -0.1) is 16.4 Å². The third-order valence-corrected chi connectivity index (χ3v) is 6.26. The topological polar surface area (TPSA) is 90.4 Å². The molecule has 0 bridgehead atoms. The second kappa shape index (κ2) is 4.34. The van der Waals surface area contributed by atoms with Gasteiger partial charge in [-0.1, -0.05) is 29.5 Å². The van der Waals surface area contributed by atoms with E-state index in [4.69, 9.17) is 5.14 Å². The molecule has 0 fully saturated rings. The van der Waals surface area contributed by atoms with Gasteiger partial charge in [-0.3, -0.25) is 0 Å². The van der Waals surface area contributed by atoms with Crippen LogP contribution in [0.2, 0.25) is 0 Å². The summed E-state index contributed by atoms with van der Waals surface area (Å²) in [5.74, 6) is 0. The smallest absolute Gasteiger partial charge is 0.225 e. The van der Waals surface area contributed by atoms with Gasteiger partial charge in [0.2, 0.25) is 9.30 Å². The predicted molar refractivity (Wildman–Crippen MR) is 83.1 cm³/mol. The fourth-order valence-electron chi connectivity index (χ4n) is 2.15. The molecule has 6 nitrogen and oxygen atoms in total. The Balaban J connectivity index is 2.00. The Morgan fingerprint density at radius 2 is 2.05 bits per heavy atom. The van der Waals surface area contributed by atoms with E-state index >= 15 is 0 Å². The first kappa shape index (κ1) is 12.9. The van der Waals surface area contributed by atoms with Crippen LogP contribution in [-0.2, 0) is 10.0 Å². The number of primary sulfonamides is 1. The van der Waals surface area contributed by atoms with Crippen LogP contribution in [-0.4, -0.2) is 23.0 Å². The van der Waals surface area contributed by atoms with Gasteiger partial charge in [0, 0.05) is 21.0 Å². The zero-order valence-electron chi connectivity index (χ0n) is 10.4. The molecule has 0 aliphatic heterocycles. The molecule has 9 heteroatoms. The predicted octanol–water partition coefficient (Wildman–Crippen LogP) is 2.32. The van der Waals surface area contributed by atoms with E-state index in [1.807, 2.05) is 29.6 Å². The molecule has 106 valence electrons. The lowest BCUT2D eigenvalue weighted by atomic mass is 10.1. The van der Waals surface area contributed by atoms with E-state index in [1.54, 1.807) is 17.5 Å². The van der Waals surface area contributed by atoms with Crippen molar-refractivity contribution >= 4 is 47.7 Å². The summed E-state index contributed by atoms with van der Waals surface area (Å²) in [5.41, 5.74) is 1.74. The van der Waals surface area contributed by atoms with Crippen LogP contribution >= 0.6 is 22.7 Å². The molecule has 4 rings (SSSR count). The Labute approximate surface area is 127 Å². The standard InChI is InChI=1S/C12H8N4O2S3/c13-21(17,18)12-15-16-9(5-14-11(16)20-12)8-6-19-10-4-2-1-3-7(8)10/h1-6H,(H2,13,17,18). The van der Waals surface area contributed by atoms with E-state index in [0.717, 1.165) is 32.7 Å². The molecule has 0 radical (unpaired) electrons. The molecule has 21 heavy (non-hydrogen) atoms. The van der Waals surface area contributed by atoms with Gasteiger partial charge >= 0.3 is 0 Å². The first-order valence-corrected chi connectivity index (χ1v) is 9.12. The van der Waals surface area contributed by atoms with E-state index in [0.29, 0.717) is 4.96 Å². The number of sulfonamides is 1. The molecule has 0 amide bonds. The van der Waals surface area contributed by atoms with Crippen molar-refractivity contribution in [2.45, 2.75) is 4.34 Å². The highest BCUT2D eigenvalue weighted by Gasteiger charge is 2.19. The quantitative estimate of drug-likeness (QED) is 0.608. The molecule has 2 N–H and O–H groups in total. The van der Waals surface area contributed by atoms with Crippen molar-refractivity contribution in [3.8, 4) is 11.3 Å². The summed E-state index contributed by atoms with van der Waals surface area (Å²) >= 11 is 2.58. The molecule has 4 aromatic rings. The first-order chi connectivity index (χ1) is 10.0. The van der Waals surface area contributed by atoms with Crippen LogP contribution in [0.3, 0.4) is 0 Å². The van der Waals surface area contributed by atoms with Crippen molar-refractivity contribution in [3.63, 3.8) is 0 Å². The first-order valence-electron chi connectivity index (χ1n) is 5.88. The maximum absolute atomic E-state index is 11.4. The molecule has 3 heterocycles. The largest absolute Gasteiger partial charge is 0.267 e. The summed E-state index contributed by atoms with van der Waals surface area (Å²) in [4.78, 5) is 4.72. The number of imidazole rings is 1.